The van der Waals surface area contributed by atoms with Gasteiger partial charge in [-0.25, -0.2) is 0 Å². The Balaban J connectivity index is 1.72. The van der Waals surface area contributed by atoms with Crippen molar-refractivity contribution in [2.45, 2.75) is 19.4 Å². The molecule has 1 aliphatic heterocycles. The number of hydrogen-bond acceptors (Lipinski definition) is 6. The Morgan fingerprint density at radius 3 is 2.34 bits per heavy atom. The molecular formula is C29H25N3O6. The molecular weight excluding hydrogens is 486 g/mol. The van der Waals surface area contributed by atoms with Crippen molar-refractivity contribution in [2.24, 2.45) is 0 Å². The molecule has 0 saturated heterocycles. The molecule has 0 saturated carbocycles. The third kappa shape index (κ3) is 5.71. The van der Waals surface area contributed by atoms with E-state index in [2.05, 4.69) is 11.8 Å². The monoisotopic (exact) mass is 511 g/mol. The average molecular weight is 512 g/mol. The van der Waals surface area contributed by atoms with Crippen LogP contribution < -0.4 is 4.90 Å². The Morgan fingerprint density at radius 1 is 1.03 bits per heavy atom. The first-order valence-corrected chi connectivity index (χ1v) is 12.0. The molecule has 1 aliphatic rings. The molecule has 2 amide bonds. The van der Waals surface area contributed by atoms with Gasteiger partial charge in [0.1, 0.15) is 6.54 Å². The SMILES string of the molecule is CCOC(=O)CC(c1ccccc1)N1CC(=O)N(C)c2ccc(C#Cc3ccc([N+](=O)[O-])cc3)cc2C1=O. The second-order valence-corrected chi connectivity index (χ2v) is 8.61. The molecule has 0 N–H and O–H groups in total. The minimum atomic E-state index is -0.708. The third-order valence-electron chi connectivity index (χ3n) is 6.18. The van der Waals surface area contributed by atoms with Crippen LogP contribution in [0.5, 0.6) is 0 Å². The van der Waals surface area contributed by atoms with Crippen LogP contribution in [0.1, 0.15) is 46.4 Å². The van der Waals surface area contributed by atoms with Crippen molar-refractivity contribution in [3.8, 4) is 11.8 Å². The van der Waals surface area contributed by atoms with Crippen molar-refractivity contribution < 1.29 is 24.0 Å². The van der Waals surface area contributed by atoms with Crippen LogP contribution in [-0.2, 0) is 14.3 Å². The van der Waals surface area contributed by atoms with E-state index in [-0.39, 0.29) is 36.7 Å². The maximum Gasteiger partial charge on any atom is 0.308 e. The predicted octanol–water partition coefficient (Wildman–Crippen LogP) is 4.11. The van der Waals surface area contributed by atoms with Crippen LogP contribution >= 0.6 is 0 Å². The fraction of sp³-hybridized carbons (Fsp3) is 0.207. The maximum atomic E-state index is 13.9. The second-order valence-electron chi connectivity index (χ2n) is 8.61. The summed E-state index contributed by atoms with van der Waals surface area (Å²) in [6.07, 6.45) is -0.102. The molecule has 4 rings (SSSR count). The number of amides is 2. The number of hydrogen-bond donors (Lipinski definition) is 0. The molecule has 0 aliphatic carbocycles. The zero-order valence-corrected chi connectivity index (χ0v) is 20.9. The van der Waals surface area contributed by atoms with Gasteiger partial charge < -0.3 is 14.5 Å². The molecule has 1 unspecified atom stereocenters. The molecule has 0 bridgehead atoms. The van der Waals surface area contributed by atoms with Gasteiger partial charge in [0.15, 0.2) is 0 Å². The number of fused-ring (bicyclic) bond motifs is 1. The number of non-ortho nitro benzene ring substituents is 1. The number of anilines is 1. The van der Waals surface area contributed by atoms with Gasteiger partial charge in [-0.2, -0.15) is 0 Å². The van der Waals surface area contributed by atoms with Crippen LogP contribution in [0.3, 0.4) is 0 Å². The van der Waals surface area contributed by atoms with E-state index in [1.54, 1.807) is 44.3 Å². The van der Waals surface area contributed by atoms with Crippen molar-refractivity contribution in [3.63, 3.8) is 0 Å². The summed E-state index contributed by atoms with van der Waals surface area (Å²) in [6.45, 7) is 1.70. The number of esters is 1. The number of likely N-dealkylation sites (N-methyl/N-ethyl adjacent to an activating group) is 1. The predicted molar refractivity (Wildman–Crippen MR) is 140 cm³/mol. The third-order valence-corrected chi connectivity index (χ3v) is 6.18. The molecule has 192 valence electrons. The van der Waals surface area contributed by atoms with Gasteiger partial charge >= 0.3 is 5.97 Å². The van der Waals surface area contributed by atoms with Crippen LogP contribution in [0.2, 0.25) is 0 Å². The zero-order valence-electron chi connectivity index (χ0n) is 20.9. The summed E-state index contributed by atoms with van der Waals surface area (Å²) in [5.41, 5.74) is 2.49. The number of nitrogens with zero attached hydrogens (tertiary/aromatic N) is 3. The fourth-order valence-corrected chi connectivity index (χ4v) is 4.21. The van der Waals surface area contributed by atoms with E-state index in [1.807, 2.05) is 30.3 Å². The van der Waals surface area contributed by atoms with Crippen LogP contribution in [-0.4, -0.2) is 47.8 Å². The summed E-state index contributed by atoms with van der Waals surface area (Å²) in [5.74, 6) is 4.75. The summed E-state index contributed by atoms with van der Waals surface area (Å²) >= 11 is 0. The van der Waals surface area contributed by atoms with Gasteiger partial charge in [-0.05, 0) is 42.8 Å². The topological polar surface area (TPSA) is 110 Å². The molecule has 1 atom stereocenters. The normalized spacial score (nSPS) is 13.6. The van der Waals surface area contributed by atoms with Gasteiger partial charge in [-0.1, -0.05) is 42.2 Å². The molecule has 3 aromatic rings. The number of ether oxygens (including phenoxy) is 1. The highest BCUT2D eigenvalue weighted by Crippen LogP contribution is 2.32. The average Bonchev–Trinajstić information content (AvgIpc) is 3.01. The number of nitro benzene ring substituents is 1. The van der Waals surface area contributed by atoms with Crippen molar-refractivity contribution in [1.82, 2.24) is 4.90 Å². The van der Waals surface area contributed by atoms with Gasteiger partial charge in [0.25, 0.3) is 11.6 Å². The summed E-state index contributed by atoms with van der Waals surface area (Å²) in [7, 11) is 1.60. The van der Waals surface area contributed by atoms with Gasteiger partial charge in [0, 0.05) is 30.3 Å². The van der Waals surface area contributed by atoms with Crippen molar-refractivity contribution >= 4 is 29.2 Å². The van der Waals surface area contributed by atoms with Crippen LogP contribution in [0.4, 0.5) is 11.4 Å². The lowest BCUT2D eigenvalue weighted by atomic mass is 10.00. The Hall–Kier alpha value is -4.97. The summed E-state index contributed by atoms with van der Waals surface area (Å²) in [5, 5.41) is 10.9. The first kappa shape index (κ1) is 26.1. The van der Waals surface area contributed by atoms with E-state index >= 15 is 0 Å². The fourth-order valence-electron chi connectivity index (χ4n) is 4.21. The number of carbonyl (C=O) groups is 3. The summed E-state index contributed by atoms with van der Waals surface area (Å²) < 4.78 is 5.15. The highest BCUT2D eigenvalue weighted by molar-refractivity contribution is 6.09. The van der Waals surface area contributed by atoms with Crippen LogP contribution in [0, 0.1) is 22.0 Å². The Labute approximate surface area is 219 Å². The molecule has 9 nitrogen and oxygen atoms in total. The highest BCUT2D eigenvalue weighted by Gasteiger charge is 2.36. The number of rotatable bonds is 6. The minimum absolute atomic E-state index is 0.0326. The Kier molecular flexibility index (Phi) is 7.83. The highest BCUT2D eigenvalue weighted by atomic mass is 16.6. The van der Waals surface area contributed by atoms with E-state index in [0.29, 0.717) is 22.4 Å². The van der Waals surface area contributed by atoms with Crippen LogP contribution in [0.15, 0.2) is 72.8 Å². The molecule has 0 fully saturated rings. The zero-order chi connectivity index (χ0) is 27.2. The quantitative estimate of drug-likeness (QED) is 0.213. The van der Waals surface area contributed by atoms with Gasteiger partial charge in [0.2, 0.25) is 5.91 Å². The molecule has 0 radical (unpaired) electrons. The first-order valence-electron chi connectivity index (χ1n) is 12.0. The molecule has 38 heavy (non-hydrogen) atoms. The van der Waals surface area contributed by atoms with E-state index in [1.165, 1.54) is 21.9 Å². The van der Waals surface area contributed by atoms with E-state index in [9.17, 15) is 24.5 Å². The Bertz CT molecular complexity index is 1440. The van der Waals surface area contributed by atoms with Crippen molar-refractivity contribution in [3.05, 3.63) is 105 Å². The summed E-state index contributed by atoms with van der Waals surface area (Å²) in [4.78, 5) is 52.7. The van der Waals surface area contributed by atoms with E-state index in [0.717, 1.165) is 0 Å². The summed E-state index contributed by atoms with van der Waals surface area (Å²) in [6, 6.07) is 19.2. The Morgan fingerprint density at radius 2 is 1.68 bits per heavy atom. The standard InChI is InChI=1S/C29H25N3O6/c1-3-38-28(34)18-26(22-7-5-4-6-8-22)31-19-27(33)30(2)25-16-13-21(17-24(25)29(31)35)10-9-20-11-14-23(15-12-20)32(36)37/h4-8,11-17,26H,3,18-19H2,1-2H3. The van der Waals surface area contributed by atoms with Gasteiger partial charge in [0.05, 0.1) is 35.2 Å². The van der Waals surface area contributed by atoms with E-state index in [4.69, 9.17) is 4.74 Å². The number of benzene rings is 3. The lowest BCUT2D eigenvalue weighted by Crippen LogP contribution is -2.41. The van der Waals surface area contributed by atoms with Gasteiger partial charge in [-0.3, -0.25) is 24.5 Å². The molecule has 3 aromatic carbocycles. The van der Waals surface area contributed by atoms with Crippen molar-refractivity contribution in [1.29, 1.82) is 0 Å². The lowest BCUT2D eigenvalue weighted by Gasteiger charge is -2.30. The largest absolute Gasteiger partial charge is 0.466 e. The second kappa shape index (κ2) is 11.4. The van der Waals surface area contributed by atoms with Crippen molar-refractivity contribution in [2.75, 3.05) is 25.1 Å². The number of carbonyl (C=O) groups excluding carboxylic acids is 3. The minimum Gasteiger partial charge on any atom is -0.466 e. The lowest BCUT2D eigenvalue weighted by molar-refractivity contribution is -0.384. The smallest absolute Gasteiger partial charge is 0.308 e. The van der Waals surface area contributed by atoms with Gasteiger partial charge in [-0.15, -0.1) is 0 Å². The maximum absolute atomic E-state index is 13.9. The molecule has 1 heterocycles. The molecule has 0 spiro atoms. The number of nitro groups is 1. The molecule has 9 heteroatoms. The molecule has 0 aromatic heterocycles. The first-order chi connectivity index (χ1) is 18.3. The van der Waals surface area contributed by atoms with E-state index < -0.39 is 22.8 Å². The van der Waals surface area contributed by atoms with Crippen LogP contribution in [0.25, 0.3) is 0 Å².